The minimum atomic E-state index is -1.06. The molecule has 3 aromatic heterocycles. The second-order valence-electron chi connectivity index (χ2n) is 6.13. The van der Waals surface area contributed by atoms with Crippen molar-refractivity contribution in [3.63, 3.8) is 0 Å². The minimum absolute atomic E-state index is 0.257. The van der Waals surface area contributed by atoms with Gasteiger partial charge in [0.15, 0.2) is 17.6 Å². The third kappa shape index (κ3) is 4.28. The number of imidazole rings is 1. The number of hydrogen-bond donors (Lipinski definition) is 2. The largest absolute Gasteiger partial charge is 0.449 e. The number of rotatable bonds is 6. The quantitative estimate of drug-likeness (QED) is 0.456. The van der Waals surface area contributed by atoms with E-state index < -0.39 is 18.0 Å². The standard InChI is InChI=1S/C20H16N6O3S/c1-12(18(27)26-17-15-16(23-10-22-15)24-11-25-17)29-20(28)14-8-5-9-21-19(14)30-13-6-3-2-4-7-13/h2-12H,1H3,(H2,22,23,24,25,26,27). The van der Waals surface area contributed by atoms with E-state index in [-0.39, 0.29) is 11.4 Å². The molecule has 10 heteroatoms. The Morgan fingerprint density at radius 1 is 1.07 bits per heavy atom. The number of aromatic amines is 1. The first-order chi connectivity index (χ1) is 14.6. The van der Waals surface area contributed by atoms with Crippen LogP contribution in [0.2, 0.25) is 0 Å². The molecule has 9 nitrogen and oxygen atoms in total. The number of ether oxygens (including phenoxy) is 1. The highest BCUT2D eigenvalue weighted by molar-refractivity contribution is 7.99. The van der Waals surface area contributed by atoms with Crippen LogP contribution in [0.3, 0.4) is 0 Å². The molecule has 0 aliphatic carbocycles. The summed E-state index contributed by atoms with van der Waals surface area (Å²) in [5.41, 5.74) is 1.19. The normalized spacial score (nSPS) is 11.8. The van der Waals surface area contributed by atoms with Crippen molar-refractivity contribution in [2.24, 2.45) is 0 Å². The summed E-state index contributed by atoms with van der Waals surface area (Å²) in [6.07, 6.45) is 3.29. The van der Waals surface area contributed by atoms with Gasteiger partial charge in [-0.1, -0.05) is 30.0 Å². The van der Waals surface area contributed by atoms with Gasteiger partial charge in [0.05, 0.1) is 11.9 Å². The molecule has 30 heavy (non-hydrogen) atoms. The third-order valence-corrected chi connectivity index (χ3v) is 5.09. The van der Waals surface area contributed by atoms with Crippen molar-refractivity contribution in [3.8, 4) is 0 Å². The van der Waals surface area contributed by atoms with Crippen molar-refractivity contribution in [2.75, 3.05) is 5.32 Å². The van der Waals surface area contributed by atoms with Crippen LogP contribution in [0, 0.1) is 0 Å². The molecule has 0 bridgehead atoms. The summed E-state index contributed by atoms with van der Waals surface area (Å²) >= 11 is 1.34. The number of H-pyrrole nitrogens is 1. The first kappa shape index (κ1) is 19.5. The molecule has 0 radical (unpaired) electrons. The maximum atomic E-state index is 12.7. The fourth-order valence-corrected chi connectivity index (χ4v) is 3.47. The van der Waals surface area contributed by atoms with E-state index in [0.717, 1.165) is 4.90 Å². The monoisotopic (exact) mass is 420 g/mol. The summed E-state index contributed by atoms with van der Waals surface area (Å²) in [6, 6.07) is 12.8. The second-order valence-corrected chi connectivity index (χ2v) is 7.19. The molecule has 0 fully saturated rings. The van der Waals surface area contributed by atoms with Crippen LogP contribution in [-0.2, 0) is 9.53 Å². The molecule has 1 unspecified atom stereocenters. The van der Waals surface area contributed by atoms with Gasteiger partial charge >= 0.3 is 5.97 Å². The van der Waals surface area contributed by atoms with Gasteiger partial charge < -0.3 is 15.0 Å². The van der Waals surface area contributed by atoms with Crippen molar-refractivity contribution in [1.82, 2.24) is 24.9 Å². The fourth-order valence-electron chi connectivity index (χ4n) is 2.58. The Labute approximate surface area is 175 Å². The maximum Gasteiger partial charge on any atom is 0.341 e. The first-order valence-corrected chi connectivity index (χ1v) is 9.77. The number of benzene rings is 1. The van der Waals surface area contributed by atoms with Crippen molar-refractivity contribution < 1.29 is 14.3 Å². The number of nitrogens with one attached hydrogen (secondary N) is 2. The molecule has 0 aliphatic rings. The van der Waals surface area contributed by atoms with Gasteiger partial charge in [0, 0.05) is 11.1 Å². The smallest absolute Gasteiger partial charge is 0.341 e. The van der Waals surface area contributed by atoms with Gasteiger partial charge in [0.1, 0.15) is 16.9 Å². The number of amides is 1. The van der Waals surface area contributed by atoms with Crippen molar-refractivity contribution >= 4 is 40.6 Å². The number of esters is 1. The summed E-state index contributed by atoms with van der Waals surface area (Å²) in [5.74, 6) is -0.912. The molecule has 1 aromatic carbocycles. The lowest BCUT2D eigenvalue weighted by atomic mass is 10.3. The number of hydrogen-bond acceptors (Lipinski definition) is 8. The second kappa shape index (κ2) is 8.70. The zero-order chi connectivity index (χ0) is 20.9. The molecule has 3 heterocycles. The lowest BCUT2D eigenvalue weighted by molar-refractivity contribution is -0.123. The summed E-state index contributed by atoms with van der Waals surface area (Å²) in [6.45, 7) is 1.49. The topological polar surface area (TPSA) is 123 Å². The lowest BCUT2D eigenvalue weighted by Gasteiger charge is -2.14. The number of fused-ring (bicyclic) bond motifs is 1. The molecule has 1 amide bonds. The van der Waals surface area contributed by atoms with E-state index in [0.29, 0.717) is 16.2 Å². The average Bonchev–Trinajstić information content (AvgIpc) is 3.25. The van der Waals surface area contributed by atoms with Gasteiger partial charge in [-0.15, -0.1) is 0 Å². The molecule has 0 saturated heterocycles. The van der Waals surface area contributed by atoms with Crippen LogP contribution in [0.5, 0.6) is 0 Å². The number of pyridine rings is 1. The molecule has 4 aromatic rings. The predicted octanol–water partition coefficient (Wildman–Crippen LogP) is 3.08. The highest BCUT2D eigenvalue weighted by Crippen LogP contribution is 2.29. The first-order valence-electron chi connectivity index (χ1n) is 8.95. The Kier molecular flexibility index (Phi) is 5.66. The van der Waals surface area contributed by atoms with Crippen LogP contribution in [-0.4, -0.2) is 42.9 Å². The van der Waals surface area contributed by atoms with Gasteiger partial charge in [-0.3, -0.25) is 4.79 Å². The van der Waals surface area contributed by atoms with E-state index in [1.54, 1.807) is 18.3 Å². The fraction of sp³-hybridized carbons (Fsp3) is 0.100. The number of aromatic nitrogens is 5. The van der Waals surface area contributed by atoms with E-state index in [4.69, 9.17) is 4.74 Å². The van der Waals surface area contributed by atoms with E-state index in [2.05, 4.69) is 30.2 Å². The summed E-state index contributed by atoms with van der Waals surface area (Å²) in [5, 5.41) is 3.12. The number of anilines is 1. The van der Waals surface area contributed by atoms with E-state index in [1.165, 1.54) is 31.3 Å². The molecule has 1 atom stereocenters. The van der Waals surface area contributed by atoms with Gasteiger partial charge in [-0.2, -0.15) is 0 Å². The Balaban J connectivity index is 1.46. The lowest BCUT2D eigenvalue weighted by Crippen LogP contribution is -2.30. The zero-order valence-corrected chi connectivity index (χ0v) is 16.6. The van der Waals surface area contributed by atoms with Gasteiger partial charge in [-0.25, -0.2) is 24.7 Å². The van der Waals surface area contributed by atoms with Crippen LogP contribution in [0.1, 0.15) is 17.3 Å². The Bertz CT molecular complexity index is 1200. The van der Waals surface area contributed by atoms with Crippen LogP contribution >= 0.6 is 11.8 Å². The Morgan fingerprint density at radius 3 is 2.73 bits per heavy atom. The molecule has 150 valence electrons. The van der Waals surface area contributed by atoms with Gasteiger partial charge in [-0.05, 0) is 31.2 Å². The van der Waals surface area contributed by atoms with Crippen LogP contribution in [0.4, 0.5) is 5.82 Å². The molecule has 4 rings (SSSR count). The predicted molar refractivity (Wildman–Crippen MR) is 110 cm³/mol. The van der Waals surface area contributed by atoms with Crippen LogP contribution < -0.4 is 5.32 Å². The molecular formula is C20H16N6O3S. The zero-order valence-electron chi connectivity index (χ0n) is 15.8. The van der Waals surface area contributed by atoms with Crippen LogP contribution in [0.15, 0.2) is 71.2 Å². The Hall–Kier alpha value is -3.79. The highest BCUT2D eigenvalue weighted by Gasteiger charge is 2.23. The number of nitrogens with zero attached hydrogens (tertiary/aromatic N) is 4. The molecular weight excluding hydrogens is 404 g/mol. The van der Waals surface area contributed by atoms with E-state index >= 15 is 0 Å². The van der Waals surface area contributed by atoms with Gasteiger partial charge in [0.25, 0.3) is 5.91 Å². The molecule has 0 aliphatic heterocycles. The molecule has 0 spiro atoms. The SMILES string of the molecule is CC(OC(=O)c1cccnc1Sc1ccccc1)C(=O)Nc1ncnc2nc[nH]c12. The van der Waals surface area contributed by atoms with Crippen molar-refractivity contribution in [3.05, 3.63) is 66.9 Å². The van der Waals surface area contributed by atoms with Gasteiger partial charge in [0.2, 0.25) is 0 Å². The van der Waals surface area contributed by atoms with E-state index in [9.17, 15) is 9.59 Å². The summed E-state index contributed by atoms with van der Waals surface area (Å²) in [4.78, 5) is 45.3. The van der Waals surface area contributed by atoms with Crippen molar-refractivity contribution in [1.29, 1.82) is 0 Å². The maximum absolute atomic E-state index is 12.7. The summed E-state index contributed by atoms with van der Waals surface area (Å²) < 4.78 is 5.37. The summed E-state index contributed by atoms with van der Waals surface area (Å²) in [7, 11) is 0. The third-order valence-electron chi connectivity index (χ3n) is 4.07. The number of carbonyl (C=O) groups excluding carboxylic acids is 2. The minimum Gasteiger partial charge on any atom is -0.449 e. The van der Waals surface area contributed by atoms with E-state index in [1.807, 2.05) is 30.3 Å². The van der Waals surface area contributed by atoms with Crippen molar-refractivity contribution in [2.45, 2.75) is 22.9 Å². The number of carbonyl (C=O) groups is 2. The molecule has 2 N–H and O–H groups in total. The average molecular weight is 420 g/mol. The molecule has 0 saturated carbocycles. The highest BCUT2D eigenvalue weighted by atomic mass is 32.2. The van der Waals surface area contributed by atoms with Crippen LogP contribution in [0.25, 0.3) is 11.2 Å². The Morgan fingerprint density at radius 2 is 1.90 bits per heavy atom.